The number of nitrogens with zero attached hydrogens (tertiary/aromatic N) is 1. The van der Waals surface area contributed by atoms with Gasteiger partial charge >= 0.3 is 6.09 Å². The predicted octanol–water partition coefficient (Wildman–Crippen LogP) is 6.80. The second kappa shape index (κ2) is 9.76. The second-order valence-electron chi connectivity index (χ2n) is 6.33. The molecule has 0 saturated heterocycles. The Morgan fingerprint density at radius 1 is 1.10 bits per heavy atom. The van der Waals surface area contributed by atoms with Gasteiger partial charge in [0.05, 0.1) is 11.6 Å². The van der Waals surface area contributed by atoms with E-state index in [1.54, 1.807) is 13.1 Å². The number of carbonyl (C=O) groups is 1. The molecule has 0 atom stereocenters. The molecule has 0 aliphatic rings. The Labute approximate surface area is 181 Å². The predicted molar refractivity (Wildman–Crippen MR) is 114 cm³/mol. The number of hydrogen-bond donors (Lipinski definition) is 0. The van der Waals surface area contributed by atoms with E-state index in [4.69, 9.17) is 21.1 Å². The summed E-state index contributed by atoms with van der Waals surface area (Å²) in [4.78, 5) is 13.8. The van der Waals surface area contributed by atoms with Crippen LogP contribution in [0.4, 0.5) is 9.18 Å². The Bertz CT molecular complexity index is 1000. The van der Waals surface area contributed by atoms with Gasteiger partial charge in [-0.05, 0) is 29.8 Å². The lowest BCUT2D eigenvalue weighted by atomic mass is 10.2. The maximum atomic E-state index is 13.4. The van der Waals surface area contributed by atoms with Crippen molar-refractivity contribution in [1.29, 1.82) is 0 Å². The van der Waals surface area contributed by atoms with Crippen molar-refractivity contribution in [3.63, 3.8) is 0 Å². The highest BCUT2D eigenvalue weighted by atomic mass is 79.9. The first-order chi connectivity index (χ1) is 13.9. The van der Waals surface area contributed by atoms with E-state index in [0.29, 0.717) is 11.5 Å². The smallest absolute Gasteiger partial charge is 0.410 e. The Hall–Kier alpha value is -2.57. The van der Waals surface area contributed by atoms with E-state index in [2.05, 4.69) is 15.9 Å². The van der Waals surface area contributed by atoms with Gasteiger partial charge in [-0.1, -0.05) is 63.9 Å². The van der Waals surface area contributed by atoms with Crippen LogP contribution < -0.4 is 4.74 Å². The number of benzene rings is 3. The molecule has 0 fully saturated rings. The zero-order valence-electron chi connectivity index (χ0n) is 15.6. The molecule has 0 heterocycles. The molecular weight excluding hydrogens is 461 g/mol. The third kappa shape index (κ3) is 5.95. The van der Waals surface area contributed by atoms with Gasteiger partial charge in [0.2, 0.25) is 0 Å². The summed E-state index contributed by atoms with van der Waals surface area (Å²) in [6.07, 6.45) is -0.451. The Morgan fingerprint density at radius 3 is 2.59 bits per heavy atom. The molecule has 7 heteroatoms. The van der Waals surface area contributed by atoms with Crippen LogP contribution in [0.1, 0.15) is 11.1 Å². The summed E-state index contributed by atoms with van der Waals surface area (Å²) in [5.74, 6) is 0.393. The van der Waals surface area contributed by atoms with E-state index >= 15 is 0 Å². The van der Waals surface area contributed by atoms with Gasteiger partial charge in [0.1, 0.15) is 23.9 Å². The zero-order valence-corrected chi connectivity index (χ0v) is 17.9. The molecule has 0 radical (unpaired) electrons. The zero-order chi connectivity index (χ0) is 20.8. The SMILES string of the molecule is CN(Cc1ccc(Br)cc1Oc1ccc(F)c(Cl)c1)C(=O)OCc1ccccc1. The van der Waals surface area contributed by atoms with Crippen molar-refractivity contribution in [3.8, 4) is 11.5 Å². The molecule has 3 aromatic carbocycles. The molecule has 0 N–H and O–H groups in total. The topological polar surface area (TPSA) is 38.8 Å². The summed E-state index contributed by atoms with van der Waals surface area (Å²) in [5.41, 5.74) is 1.67. The standard InChI is InChI=1S/C22H18BrClFNO3/c1-26(22(27)28-14-15-5-3-2-4-6-15)13-16-7-8-17(23)11-21(16)29-18-9-10-20(25)19(24)12-18/h2-12H,13-14H2,1H3. The van der Waals surface area contributed by atoms with Gasteiger partial charge in [-0.2, -0.15) is 0 Å². The van der Waals surface area contributed by atoms with Gasteiger partial charge in [0, 0.05) is 23.2 Å². The summed E-state index contributed by atoms with van der Waals surface area (Å²) < 4.78 is 25.4. The van der Waals surface area contributed by atoms with Crippen LogP contribution in [-0.4, -0.2) is 18.0 Å². The fourth-order valence-corrected chi connectivity index (χ4v) is 3.08. The van der Waals surface area contributed by atoms with E-state index in [1.807, 2.05) is 42.5 Å². The fourth-order valence-electron chi connectivity index (χ4n) is 2.57. The first kappa shape index (κ1) is 21.1. The fraction of sp³-hybridized carbons (Fsp3) is 0.136. The molecule has 0 aliphatic heterocycles. The average molecular weight is 479 g/mol. The minimum Gasteiger partial charge on any atom is -0.457 e. The number of ether oxygens (including phenoxy) is 2. The van der Waals surface area contributed by atoms with E-state index in [-0.39, 0.29) is 18.2 Å². The molecule has 1 amide bonds. The summed E-state index contributed by atoms with van der Waals surface area (Å²) >= 11 is 9.24. The van der Waals surface area contributed by atoms with Crippen LogP contribution in [0.2, 0.25) is 5.02 Å². The molecule has 150 valence electrons. The lowest BCUT2D eigenvalue weighted by molar-refractivity contribution is 0.102. The molecule has 29 heavy (non-hydrogen) atoms. The number of amides is 1. The quantitative estimate of drug-likeness (QED) is 0.391. The Kier molecular flexibility index (Phi) is 7.12. The number of hydrogen-bond acceptors (Lipinski definition) is 3. The monoisotopic (exact) mass is 477 g/mol. The van der Waals surface area contributed by atoms with Crippen LogP contribution in [0.3, 0.4) is 0 Å². The summed E-state index contributed by atoms with van der Waals surface area (Å²) in [5, 5.41) is -0.0272. The number of rotatable bonds is 6. The van der Waals surface area contributed by atoms with E-state index in [1.165, 1.54) is 23.1 Å². The molecule has 0 bridgehead atoms. The molecule has 0 aromatic heterocycles. The van der Waals surface area contributed by atoms with Crippen molar-refractivity contribution in [2.75, 3.05) is 7.05 Å². The van der Waals surface area contributed by atoms with Gasteiger partial charge in [0.25, 0.3) is 0 Å². The van der Waals surface area contributed by atoms with Gasteiger partial charge in [0.15, 0.2) is 0 Å². The lowest BCUT2D eigenvalue weighted by Gasteiger charge is -2.19. The van der Waals surface area contributed by atoms with E-state index in [9.17, 15) is 9.18 Å². The van der Waals surface area contributed by atoms with Crippen LogP contribution >= 0.6 is 27.5 Å². The normalized spacial score (nSPS) is 10.5. The molecule has 4 nitrogen and oxygen atoms in total. The highest BCUT2D eigenvalue weighted by Crippen LogP contribution is 2.31. The van der Waals surface area contributed by atoms with Crippen molar-refractivity contribution in [1.82, 2.24) is 4.90 Å². The van der Waals surface area contributed by atoms with Gasteiger partial charge in [-0.3, -0.25) is 0 Å². The van der Waals surface area contributed by atoms with Crippen LogP contribution in [0.25, 0.3) is 0 Å². The minimum atomic E-state index is -0.519. The maximum absolute atomic E-state index is 13.4. The first-order valence-corrected chi connectivity index (χ1v) is 9.92. The second-order valence-corrected chi connectivity index (χ2v) is 7.65. The molecule has 0 unspecified atom stereocenters. The van der Waals surface area contributed by atoms with Crippen molar-refractivity contribution < 1.29 is 18.7 Å². The van der Waals surface area contributed by atoms with Gasteiger partial charge in [-0.25, -0.2) is 9.18 Å². The molecule has 3 rings (SSSR count). The van der Waals surface area contributed by atoms with Crippen LogP contribution in [0.15, 0.2) is 71.2 Å². The van der Waals surface area contributed by atoms with Gasteiger partial charge in [-0.15, -0.1) is 0 Å². The third-order valence-electron chi connectivity index (χ3n) is 4.07. The van der Waals surface area contributed by atoms with Crippen molar-refractivity contribution >= 4 is 33.6 Å². The third-order valence-corrected chi connectivity index (χ3v) is 4.86. The number of halogens is 3. The van der Waals surface area contributed by atoms with Crippen molar-refractivity contribution in [2.45, 2.75) is 13.2 Å². The molecule has 3 aromatic rings. The van der Waals surface area contributed by atoms with E-state index < -0.39 is 11.9 Å². The Balaban J connectivity index is 1.69. The molecule has 0 aliphatic carbocycles. The minimum absolute atomic E-state index is 0.0272. The van der Waals surface area contributed by atoms with Crippen LogP contribution in [-0.2, 0) is 17.9 Å². The Morgan fingerprint density at radius 2 is 1.86 bits per heavy atom. The van der Waals surface area contributed by atoms with Crippen molar-refractivity contribution in [3.05, 3.63) is 93.2 Å². The molecule has 0 spiro atoms. The van der Waals surface area contributed by atoms with Crippen molar-refractivity contribution in [2.24, 2.45) is 0 Å². The summed E-state index contributed by atoms with van der Waals surface area (Å²) in [6, 6.07) is 19.1. The largest absolute Gasteiger partial charge is 0.457 e. The summed E-state index contributed by atoms with van der Waals surface area (Å²) in [6.45, 7) is 0.465. The molecular formula is C22H18BrClFNO3. The van der Waals surface area contributed by atoms with Crippen LogP contribution in [0, 0.1) is 5.82 Å². The lowest BCUT2D eigenvalue weighted by Crippen LogP contribution is -2.27. The highest BCUT2D eigenvalue weighted by Gasteiger charge is 2.15. The highest BCUT2D eigenvalue weighted by molar-refractivity contribution is 9.10. The van der Waals surface area contributed by atoms with E-state index in [0.717, 1.165) is 15.6 Å². The first-order valence-electron chi connectivity index (χ1n) is 8.75. The van der Waals surface area contributed by atoms with Gasteiger partial charge < -0.3 is 14.4 Å². The average Bonchev–Trinajstić information content (AvgIpc) is 2.71. The maximum Gasteiger partial charge on any atom is 0.410 e. The number of carbonyl (C=O) groups excluding carboxylic acids is 1. The summed E-state index contributed by atoms with van der Waals surface area (Å²) in [7, 11) is 1.65. The molecule has 0 saturated carbocycles. The van der Waals surface area contributed by atoms with Crippen LogP contribution in [0.5, 0.6) is 11.5 Å².